The molecule has 0 saturated heterocycles. The maximum Gasteiger partial charge on any atom is 0.195 e. The molecule has 0 bridgehead atoms. The molecule has 0 radical (unpaired) electrons. The Hall–Kier alpha value is -2.36. The molecule has 0 aliphatic rings. The zero-order valence-electron chi connectivity index (χ0n) is 17.5. The molecule has 0 heterocycles. The first-order valence-corrected chi connectivity index (χ1v) is 9.17. The van der Waals surface area contributed by atoms with Crippen LogP contribution in [0.2, 0.25) is 0 Å². The van der Waals surface area contributed by atoms with E-state index < -0.39 is 0 Å². The van der Waals surface area contributed by atoms with E-state index in [2.05, 4.69) is 15.6 Å². The van der Waals surface area contributed by atoms with Gasteiger partial charge in [0.15, 0.2) is 17.5 Å². The van der Waals surface area contributed by atoms with E-state index in [9.17, 15) is 0 Å². The molecule has 0 aliphatic carbocycles. The molecule has 8 heteroatoms. The first kappa shape index (κ1) is 24.7. The number of aliphatic imine (C=N–C) groups is 1. The number of benzene rings is 2. The number of methoxy groups -OCH3 is 3. The highest BCUT2D eigenvalue weighted by molar-refractivity contribution is 14.0. The Bertz CT molecular complexity index is 769. The number of nitrogens with zero attached hydrogens (tertiary/aromatic N) is 1. The quantitative estimate of drug-likeness (QED) is 0.297. The van der Waals surface area contributed by atoms with Crippen molar-refractivity contribution in [2.45, 2.75) is 20.0 Å². The SMILES string of the molecule is CCNC(=NCC(C)Oc1ccc(OC)cc1)Nc1ccc(OC)c(OC)c1.I. The van der Waals surface area contributed by atoms with Crippen molar-refractivity contribution in [1.82, 2.24) is 5.32 Å². The molecule has 1 unspecified atom stereocenters. The smallest absolute Gasteiger partial charge is 0.195 e. The van der Waals surface area contributed by atoms with E-state index in [0.717, 1.165) is 23.7 Å². The van der Waals surface area contributed by atoms with Crippen LogP contribution in [0, 0.1) is 0 Å². The van der Waals surface area contributed by atoms with Crippen LogP contribution in [0.4, 0.5) is 5.69 Å². The third-order valence-electron chi connectivity index (χ3n) is 3.89. The standard InChI is InChI=1S/C21H29N3O4.HI/c1-6-22-21(24-16-7-12-19(26-4)20(13-16)27-5)23-14-15(2)28-18-10-8-17(25-3)9-11-18;/h7-13,15H,6,14H2,1-5H3,(H2,22,23,24);1H. The van der Waals surface area contributed by atoms with Crippen LogP contribution < -0.4 is 29.6 Å². The van der Waals surface area contributed by atoms with Gasteiger partial charge >= 0.3 is 0 Å². The fourth-order valence-electron chi connectivity index (χ4n) is 2.50. The van der Waals surface area contributed by atoms with Gasteiger partial charge in [0.25, 0.3) is 0 Å². The fraction of sp³-hybridized carbons (Fsp3) is 0.381. The van der Waals surface area contributed by atoms with Gasteiger partial charge in [-0.25, -0.2) is 4.99 Å². The molecular weight excluding hydrogens is 485 g/mol. The van der Waals surface area contributed by atoms with E-state index in [1.807, 2.05) is 56.3 Å². The van der Waals surface area contributed by atoms with Crippen molar-refractivity contribution in [3.63, 3.8) is 0 Å². The highest BCUT2D eigenvalue weighted by atomic mass is 127. The summed E-state index contributed by atoms with van der Waals surface area (Å²) in [5, 5.41) is 6.50. The molecule has 2 rings (SSSR count). The lowest BCUT2D eigenvalue weighted by Gasteiger charge is -2.16. The van der Waals surface area contributed by atoms with Gasteiger partial charge in [-0.15, -0.1) is 24.0 Å². The van der Waals surface area contributed by atoms with Crippen LogP contribution in [-0.2, 0) is 0 Å². The number of ether oxygens (including phenoxy) is 4. The molecule has 2 N–H and O–H groups in total. The van der Waals surface area contributed by atoms with Gasteiger partial charge in [0.2, 0.25) is 0 Å². The Balaban J connectivity index is 0.00000420. The second-order valence-corrected chi connectivity index (χ2v) is 6.02. The number of rotatable bonds is 9. The average Bonchev–Trinajstić information content (AvgIpc) is 2.72. The van der Waals surface area contributed by atoms with Crippen LogP contribution in [0.25, 0.3) is 0 Å². The van der Waals surface area contributed by atoms with Crippen molar-refractivity contribution in [3.8, 4) is 23.0 Å². The highest BCUT2D eigenvalue weighted by Crippen LogP contribution is 2.29. The lowest BCUT2D eigenvalue weighted by Crippen LogP contribution is -2.32. The van der Waals surface area contributed by atoms with Crippen LogP contribution in [0.5, 0.6) is 23.0 Å². The second kappa shape index (κ2) is 13.0. The lowest BCUT2D eigenvalue weighted by atomic mass is 10.2. The zero-order chi connectivity index (χ0) is 20.4. The van der Waals surface area contributed by atoms with Gasteiger partial charge in [-0.05, 0) is 50.2 Å². The van der Waals surface area contributed by atoms with Gasteiger partial charge in [-0.1, -0.05) is 0 Å². The minimum atomic E-state index is -0.0887. The summed E-state index contributed by atoms with van der Waals surface area (Å²) < 4.78 is 21.7. The predicted octanol–water partition coefficient (Wildman–Crippen LogP) is 4.18. The van der Waals surface area contributed by atoms with Crippen LogP contribution in [0.15, 0.2) is 47.5 Å². The molecule has 1 atom stereocenters. The normalized spacial score (nSPS) is 11.7. The van der Waals surface area contributed by atoms with Gasteiger partial charge in [0, 0.05) is 18.3 Å². The average molecular weight is 515 g/mol. The Morgan fingerprint density at radius 3 is 2.17 bits per heavy atom. The van der Waals surface area contributed by atoms with Gasteiger partial charge in [0.05, 0.1) is 27.9 Å². The number of guanidine groups is 1. The molecular formula is C21H30IN3O4. The summed E-state index contributed by atoms with van der Waals surface area (Å²) >= 11 is 0. The number of hydrogen-bond acceptors (Lipinski definition) is 5. The maximum atomic E-state index is 5.90. The van der Waals surface area contributed by atoms with Crippen molar-refractivity contribution >= 4 is 35.6 Å². The zero-order valence-corrected chi connectivity index (χ0v) is 19.9. The molecule has 29 heavy (non-hydrogen) atoms. The van der Waals surface area contributed by atoms with E-state index in [0.29, 0.717) is 24.0 Å². The number of anilines is 1. The van der Waals surface area contributed by atoms with Gasteiger partial charge in [0.1, 0.15) is 17.6 Å². The van der Waals surface area contributed by atoms with E-state index in [-0.39, 0.29) is 30.1 Å². The third-order valence-corrected chi connectivity index (χ3v) is 3.89. The van der Waals surface area contributed by atoms with Crippen LogP contribution in [-0.4, -0.2) is 46.5 Å². The lowest BCUT2D eigenvalue weighted by molar-refractivity contribution is 0.230. The topological polar surface area (TPSA) is 73.3 Å². The fourth-order valence-corrected chi connectivity index (χ4v) is 2.50. The molecule has 0 saturated carbocycles. The minimum Gasteiger partial charge on any atom is -0.497 e. The summed E-state index contributed by atoms with van der Waals surface area (Å²) in [7, 11) is 4.86. The Kier molecular flexibility index (Phi) is 11.0. The van der Waals surface area contributed by atoms with Crippen molar-refractivity contribution < 1.29 is 18.9 Å². The highest BCUT2D eigenvalue weighted by Gasteiger charge is 2.08. The van der Waals surface area contributed by atoms with Crippen LogP contribution in [0.3, 0.4) is 0 Å². The first-order chi connectivity index (χ1) is 13.6. The molecule has 2 aromatic rings. The molecule has 0 aliphatic heterocycles. The van der Waals surface area contributed by atoms with E-state index in [1.54, 1.807) is 21.3 Å². The summed E-state index contributed by atoms with van der Waals surface area (Å²) in [4.78, 5) is 4.61. The van der Waals surface area contributed by atoms with Gasteiger partial charge in [-0.3, -0.25) is 0 Å². The summed E-state index contributed by atoms with van der Waals surface area (Å²) in [6, 6.07) is 13.1. The largest absolute Gasteiger partial charge is 0.497 e. The Morgan fingerprint density at radius 1 is 0.931 bits per heavy atom. The maximum absolute atomic E-state index is 5.90. The van der Waals surface area contributed by atoms with Gasteiger partial charge < -0.3 is 29.6 Å². The molecule has 0 spiro atoms. The summed E-state index contributed by atoms with van der Waals surface area (Å²) in [6.07, 6.45) is -0.0887. The number of nitrogens with one attached hydrogen (secondary N) is 2. The molecule has 0 aromatic heterocycles. The molecule has 160 valence electrons. The van der Waals surface area contributed by atoms with E-state index in [4.69, 9.17) is 18.9 Å². The molecule has 0 amide bonds. The third kappa shape index (κ3) is 7.88. The van der Waals surface area contributed by atoms with Crippen molar-refractivity contribution in [2.24, 2.45) is 4.99 Å². The van der Waals surface area contributed by atoms with E-state index in [1.165, 1.54) is 0 Å². The molecule has 7 nitrogen and oxygen atoms in total. The van der Waals surface area contributed by atoms with E-state index >= 15 is 0 Å². The summed E-state index contributed by atoms with van der Waals surface area (Å²) in [6.45, 7) is 5.23. The molecule has 0 fully saturated rings. The monoisotopic (exact) mass is 515 g/mol. The van der Waals surface area contributed by atoms with Crippen molar-refractivity contribution in [3.05, 3.63) is 42.5 Å². The molecule has 2 aromatic carbocycles. The van der Waals surface area contributed by atoms with Crippen molar-refractivity contribution in [2.75, 3.05) is 39.7 Å². The number of halogens is 1. The number of hydrogen-bond donors (Lipinski definition) is 2. The summed E-state index contributed by atoms with van der Waals surface area (Å²) in [5.74, 6) is 3.57. The van der Waals surface area contributed by atoms with Crippen molar-refractivity contribution in [1.29, 1.82) is 0 Å². The first-order valence-electron chi connectivity index (χ1n) is 9.17. The summed E-state index contributed by atoms with van der Waals surface area (Å²) in [5.41, 5.74) is 0.848. The predicted molar refractivity (Wildman–Crippen MR) is 128 cm³/mol. The Labute approximate surface area is 189 Å². The van der Waals surface area contributed by atoms with Crippen LogP contribution >= 0.6 is 24.0 Å². The second-order valence-electron chi connectivity index (χ2n) is 6.02. The van der Waals surface area contributed by atoms with Gasteiger partial charge in [-0.2, -0.15) is 0 Å². The Morgan fingerprint density at radius 2 is 1.59 bits per heavy atom. The van der Waals surface area contributed by atoms with Crippen LogP contribution in [0.1, 0.15) is 13.8 Å². The minimum absolute atomic E-state index is 0.